The number of aryl methyl sites for hydroxylation is 1. The summed E-state index contributed by atoms with van der Waals surface area (Å²) >= 11 is 12.0. The number of hydrazone groups is 1. The largest absolute Gasteiger partial charge is 0.295 e. The van der Waals surface area contributed by atoms with Gasteiger partial charge in [0.1, 0.15) is 0 Å². The first-order valence-corrected chi connectivity index (χ1v) is 12.4. The lowest BCUT2D eigenvalue weighted by atomic mass is 9.77. The van der Waals surface area contributed by atoms with Gasteiger partial charge in [-0.3, -0.25) is 24.8 Å². The fourth-order valence-electron chi connectivity index (χ4n) is 4.85. The van der Waals surface area contributed by atoms with Crippen molar-refractivity contribution in [3.63, 3.8) is 0 Å². The van der Waals surface area contributed by atoms with Crippen LogP contribution in [0.5, 0.6) is 0 Å². The predicted molar refractivity (Wildman–Crippen MR) is 147 cm³/mol. The van der Waals surface area contributed by atoms with Gasteiger partial charge in [-0.1, -0.05) is 41.4 Å². The van der Waals surface area contributed by atoms with E-state index in [1.807, 2.05) is 0 Å². The fraction of sp³-hybridized carbons (Fsp3) is 0.148. The van der Waals surface area contributed by atoms with Gasteiger partial charge < -0.3 is 0 Å². The maximum absolute atomic E-state index is 13.9. The molecule has 2 heterocycles. The molecule has 0 bridgehead atoms. The average Bonchev–Trinajstić information content (AvgIpc) is 3.36. The van der Waals surface area contributed by atoms with Crippen molar-refractivity contribution in [3.05, 3.63) is 120 Å². The number of aromatic nitrogens is 2. The molecule has 0 spiro atoms. The second kappa shape index (κ2) is 9.92. The van der Waals surface area contributed by atoms with Crippen molar-refractivity contribution >= 4 is 46.2 Å². The van der Waals surface area contributed by atoms with Gasteiger partial charge in [0.05, 0.1) is 22.2 Å². The highest BCUT2D eigenvalue weighted by Crippen LogP contribution is 2.41. The van der Waals surface area contributed by atoms with Crippen LogP contribution in [0.2, 0.25) is 10.0 Å². The lowest BCUT2D eigenvalue weighted by molar-refractivity contribution is -0.385. The molecule has 1 N–H and O–H groups in total. The van der Waals surface area contributed by atoms with Crippen LogP contribution in [-0.4, -0.2) is 26.3 Å². The lowest BCUT2D eigenvalue weighted by Gasteiger charge is -2.23. The van der Waals surface area contributed by atoms with Gasteiger partial charge in [-0.2, -0.15) is 5.10 Å². The van der Waals surface area contributed by atoms with E-state index in [-0.39, 0.29) is 16.8 Å². The minimum atomic E-state index is -0.984. The number of benzene rings is 3. The number of anilines is 1. The monoisotopic (exact) mass is 549 g/mol. The minimum absolute atomic E-state index is 0.193. The summed E-state index contributed by atoms with van der Waals surface area (Å²) in [6.07, 6.45) is 0. The van der Waals surface area contributed by atoms with Crippen molar-refractivity contribution in [1.82, 2.24) is 9.78 Å². The van der Waals surface area contributed by atoms with E-state index in [1.165, 1.54) is 15.8 Å². The maximum atomic E-state index is 13.9. The van der Waals surface area contributed by atoms with Gasteiger partial charge in [0.2, 0.25) is 0 Å². The molecule has 0 unspecified atom stereocenters. The summed E-state index contributed by atoms with van der Waals surface area (Å²) in [5, 5.41) is 21.8. The standard InChI is InChI=1S/C27H21Cl2N5O4/c1-15-23(26(35)32(30-15)19-11-7-17(28)8-12-19)25(21-5-3-4-6-22(21)34(37)38)24-16(2)31-33(27(24)36)20-13-9-18(29)10-14-20/h3-14,23,25,31H,1-2H3/t23-,25-/m1/s1. The highest BCUT2D eigenvalue weighted by atomic mass is 35.5. The Morgan fingerprint density at radius 2 is 1.50 bits per heavy atom. The molecule has 11 heteroatoms. The summed E-state index contributed by atoms with van der Waals surface area (Å²) in [7, 11) is 0. The number of hydrogen-bond acceptors (Lipinski definition) is 5. The van der Waals surface area contributed by atoms with Gasteiger partial charge in [0.25, 0.3) is 17.2 Å². The number of carbonyl (C=O) groups excluding carboxylic acids is 1. The quantitative estimate of drug-likeness (QED) is 0.239. The Hall–Kier alpha value is -4.21. The Morgan fingerprint density at radius 3 is 2.11 bits per heavy atom. The number of hydrogen-bond donors (Lipinski definition) is 1. The van der Waals surface area contributed by atoms with Crippen molar-refractivity contribution in [3.8, 4) is 5.69 Å². The molecular formula is C27H21Cl2N5O4. The number of carbonyl (C=O) groups is 1. The zero-order chi connectivity index (χ0) is 27.1. The van der Waals surface area contributed by atoms with E-state index in [9.17, 15) is 19.7 Å². The summed E-state index contributed by atoms with van der Waals surface area (Å²) in [5.74, 6) is -2.36. The van der Waals surface area contributed by atoms with Crippen LogP contribution in [-0.2, 0) is 4.79 Å². The van der Waals surface area contributed by atoms with E-state index in [0.717, 1.165) is 0 Å². The highest BCUT2D eigenvalue weighted by molar-refractivity contribution is 6.31. The number of amides is 1. The smallest absolute Gasteiger partial charge is 0.275 e. The average molecular weight is 550 g/mol. The molecule has 192 valence electrons. The van der Waals surface area contributed by atoms with E-state index in [1.54, 1.807) is 80.6 Å². The summed E-state index contributed by atoms with van der Waals surface area (Å²) in [6.45, 7) is 3.38. The Kier molecular flexibility index (Phi) is 6.64. The molecule has 2 atom stereocenters. The highest BCUT2D eigenvalue weighted by Gasteiger charge is 2.45. The summed E-state index contributed by atoms with van der Waals surface area (Å²) in [6, 6.07) is 19.4. The van der Waals surface area contributed by atoms with Crippen LogP contribution in [0, 0.1) is 23.0 Å². The van der Waals surface area contributed by atoms with E-state index in [0.29, 0.717) is 32.8 Å². The molecule has 0 fully saturated rings. The van der Waals surface area contributed by atoms with E-state index >= 15 is 0 Å². The van der Waals surface area contributed by atoms with Gasteiger partial charge in [-0.05, 0) is 62.4 Å². The van der Waals surface area contributed by atoms with Gasteiger partial charge in [-0.15, -0.1) is 0 Å². The lowest BCUT2D eigenvalue weighted by Crippen LogP contribution is -2.34. The number of rotatable bonds is 6. The minimum Gasteiger partial charge on any atom is -0.295 e. The third-order valence-electron chi connectivity index (χ3n) is 6.57. The number of nitrogens with one attached hydrogen (secondary N) is 1. The van der Waals surface area contributed by atoms with Crippen LogP contribution in [0.3, 0.4) is 0 Å². The number of halogens is 2. The second-order valence-corrected chi connectivity index (χ2v) is 9.78. The molecule has 9 nitrogen and oxygen atoms in total. The Bertz CT molecular complexity index is 1640. The van der Waals surface area contributed by atoms with Crippen LogP contribution in [0.4, 0.5) is 11.4 Å². The molecule has 0 saturated carbocycles. The fourth-order valence-corrected chi connectivity index (χ4v) is 5.10. The molecule has 4 aromatic rings. The molecule has 5 rings (SSSR count). The van der Waals surface area contributed by atoms with E-state index in [2.05, 4.69) is 10.2 Å². The molecule has 1 aliphatic heterocycles. The molecule has 1 aromatic heterocycles. The molecule has 38 heavy (non-hydrogen) atoms. The summed E-state index contributed by atoms with van der Waals surface area (Å²) < 4.78 is 1.34. The molecular weight excluding hydrogens is 529 g/mol. The van der Waals surface area contributed by atoms with Crippen LogP contribution < -0.4 is 10.6 Å². The van der Waals surface area contributed by atoms with Crippen LogP contribution in [0.25, 0.3) is 5.69 Å². The zero-order valence-electron chi connectivity index (χ0n) is 20.3. The molecule has 1 amide bonds. The van der Waals surface area contributed by atoms with Crippen LogP contribution in [0.15, 0.2) is 82.7 Å². The van der Waals surface area contributed by atoms with Gasteiger partial charge in [0.15, 0.2) is 0 Å². The second-order valence-electron chi connectivity index (χ2n) is 8.91. The first-order chi connectivity index (χ1) is 18.2. The molecule has 0 radical (unpaired) electrons. The van der Waals surface area contributed by atoms with Gasteiger partial charge >= 0.3 is 0 Å². The summed E-state index contributed by atoms with van der Waals surface area (Å²) in [4.78, 5) is 39.3. The Morgan fingerprint density at radius 1 is 0.921 bits per heavy atom. The number of nitro benzene ring substituents is 1. The van der Waals surface area contributed by atoms with Crippen molar-refractivity contribution in [2.75, 3.05) is 5.01 Å². The van der Waals surface area contributed by atoms with Crippen molar-refractivity contribution in [1.29, 1.82) is 0 Å². The van der Waals surface area contributed by atoms with Crippen molar-refractivity contribution < 1.29 is 9.72 Å². The normalized spacial score (nSPS) is 16.0. The first kappa shape index (κ1) is 25.4. The SMILES string of the molecule is CC1=NN(c2ccc(Cl)cc2)C(=O)[C@H]1[C@@H](c1ccccc1[N+](=O)[O-])c1c(C)[nH]n(-c2ccc(Cl)cc2)c1=O. The van der Waals surface area contributed by atoms with E-state index < -0.39 is 28.2 Å². The number of para-hydroxylation sites is 1. The Balaban J connectivity index is 1.70. The number of H-pyrrole nitrogens is 1. The molecule has 0 aliphatic carbocycles. The van der Waals surface area contributed by atoms with Crippen LogP contribution in [0.1, 0.15) is 29.7 Å². The maximum Gasteiger partial charge on any atom is 0.275 e. The van der Waals surface area contributed by atoms with Crippen molar-refractivity contribution in [2.45, 2.75) is 19.8 Å². The number of nitro groups is 1. The van der Waals surface area contributed by atoms with Crippen LogP contribution >= 0.6 is 23.2 Å². The van der Waals surface area contributed by atoms with Gasteiger partial charge in [-0.25, -0.2) is 9.69 Å². The molecule has 3 aromatic carbocycles. The van der Waals surface area contributed by atoms with E-state index in [4.69, 9.17) is 23.2 Å². The Labute approximate surface area is 227 Å². The summed E-state index contributed by atoms with van der Waals surface area (Å²) in [5.41, 5.74) is 1.77. The van der Waals surface area contributed by atoms with Gasteiger partial charge in [0, 0.05) is 44.6 Å². The third kappa shape index (κ3) is 4.40. The topological polar surface area (TPSA) is 114 Å². The molecule has 0 saturated heterocycles. The third-order valence-corrected chi connectivity index (χ3v) is 7.07. The number of aromatic amines is 1. The number of nitrogens with zero attached hydrogens (tertiary/aromatic N) is 4. The predicted octanol–water partition coefficient (Wildman–Crippen LogP) is 5.86. The van der Waals surface area contributed by atoms with Crippen molar-refractivity contribution in [2.24, 2.45) is 11.0 Å². The zero-order valence-corrected chi connectivity index (χ0v) is 21.8. The first-order valence-electron chi connectivity index (χ1n) is 11.6. The molecule has 1 aliphatic rings.